The summed E-state index contributed by atoms with van der Waals surface area (Å²) in [6.45, 7) is 5.44. The number of fused-ring (bicyclic) bond motifs is 1. The summed E-state index contributed by atoms with van der Waals surface area (Å²) in [5, 5.41) is 22.0. The fourth-order valence-electron chi connectivity index (χ4n) is 7.54. The zero-order chi connectivity index (χ0) is 32.3. The molecule has 0 saturated carbocycles. The van der Waals surface area contributed by atoms with Crippen LogP contribution in [-0.2, 0) is 6.54 Å². The maximum Gasteiger partial charge on any atom is 0.270 e. The van der Waals surface area contributed by atoms with Gasteiger partial charge >= 0.3 is 0 Å². The third kappa shape index (κ3) is 6.55. The molecule has 0 spiro atoms. The third-order valence-electron chi connectivity index (χ3n) is 9.94. The molecule has 2 aliphatic heterocycles. The number of phenols is 2. The second-order valence-corrected chi connectivity index (χ2v) is 13.1. The van der Waals surface area contributed by atoms with Crippen molar-refractivity contribution in [3.63, 3.8) is 0 Å². The molecular weight excluding hydrogens is 608 g/mol. The first-order chi connectivity index (χ1) is 23.0. The average molecular weight is 649 g/mol. The topological polar surface area (TPSA) is 72.2 Å². The number of carbonyl (C=O) groups excluding carboxylic acids is 1. The molecule has 2 N–H and O–H groups in total. The Hall–Kier alpha value is -4.46. The Morgan fingerprint density at radius 2 is 1.32 bits per heavy atom. The fraction of sp³-hybridized carbons (Fsp3) is 0.308. The second-order valence-electron chi connectivity index (χ2n) is 12.7. The van der Waals surface area contributed by atoms with Crippen molar-refractivity contribution in [3.8, 4) is 11.5 Å². The maximum absolute atomic E-state index is 14.2. The summed E-state index contributed by atoms with van der Waals surface area (Å²) in [6, 6.07) is 33.4. The van der Waals surface area contributed by atoms with Crippen LogP contribution in [0.5, 0.6) is 11.5 Å². The van der Waals surface area contributed by atoms with E-state index in [0.717, 1.165) is 83.9 Å². The van der Waals surface area contributed by atoms with Crippen LogP contribution in [-0.4, -0.2) is 75.8 Å². The van der Waals surface area contributed by atoms with Gasteiger partial charge in [0, 0.05) is 55.6 Å². The molecule has 0 bridgehead atoms. The number of aryl methyl sites for hydroxylation is 1. The monoisotopic (exact) mass is 648 g/mol. The first-order valence-corrected chi connectivity index (χ1v) is 17.0. The Labute approximate surface area is 281 Å². The van der Waals surface area contributed by atoms with E-state index in [-0.39, 0.29) is 29.4 Å². The Morgan fingerprint density at radius 1 is 0.723 bits per heavy atom. The molecule has 8 heteroatoms. The molecule has 0 aliphatic carbocycles. The van der Waals surface area contributed by atoms with Crippen molar-refractivity contribution in [2.24, 2.45) is 0 Å². The largest absolute Gasteiger partial charge is 0.508 e. The molecule has 2 saturated heterocycles. The number of amides is 1. The van der Waals surface area contributed by atoms with Gasteiger partial charge in [0.25, 0.3) is 5.91 Å². The highest BCUT2D eigenvalue weighted by Gasteiger charge is 2.33. The number of hydrogen-bond donors (Lipinski definition) is 2. The summed E-state index contributed by atoms with van der Waals surface area (Å²) >= 11 is 6.49. The third-order valence-corrected chi connectivity index (χ3v) is 10.3. The lowest BCUT2D eigenvalue weighted by Gasteiger charge is -2.37. The van der Waals surface area contributed by atoms with Gasteiger partial charge in [-0.15, -0.1) is 0 Å². The lowest BCUT2D eigenvalue weighted by molar-refractivity contribution is 0.0735. The van der Waals surface area contributed by atoms with Gasteiger partial charge in [-0.05, 0) is 92.0 Å². The van der Waals surface area contributed by atoms with Crippen molar-refractivity contribution in [1.29, 1.82) is 0 Å². The molecule has 2 fully saturated rings. The molecule has 4 aromatic carbocycles. The van der Waals surface area contributed by atoms with Gasteiger partial charge in [0.2, 0.25) is 0 Å². The van der Waals surface area contributed by atoms with Crippen molar-refractivity contribution in [2.45, 2.75) is 37.8 Å². The van der Waals surface area contributed by atoms with Crippen molar-refractivity contribution < 1.29 is 15.0 Å². The molecule has 7 rings (SSSR count). The Bertz CT molecular complexity index is 1780. The first kappa shape index (κ1) is 31.2. The molecule has 1 aromatic heterocycles. The van der Waals surface area contributed by atoms with Gasteiger partial charge in [0.15, 0.2) is 0 Å². The standard InChI is InChI=1S/C39H41ClN4O3/c40-33-8-2-4-10-35(33)42-23-25-43(26-24-42)39(47)37-27-30-7-1-3-9-34(30)44(37)22-19-36(41-20-5-6-21-41)38(28-11-15-31(45)16-12-28)29-13-17-32(46)18-14-29/h1-4,7-18,27,36,38,45-46H,5-6,19-26H2. The zero-order valence-electron chi connectivity index (χ0n) is 26.5. The van der Waals surface area contributed by atoms with Crippen molar-refractivity contribution in [1.82, 2.24) is 14.4 Å². The highest BCUT2D eigenvalue weighted by atomic mass is 35.5. The van der Waals surface area contributed by atoms with E-state index in [0.29, 0.717) is 19.6 Å². The number of hydrogen-bond acceptors (Lipinski definition) is 5. The van der Waals surface area contributed by atoms with E-state index in [1.54, 1.807) is 24.3 Å². The predicted octanol–water partition coefficient (Wildman–Crippen LogP) is 7.35. The molecule has 47 heavy (non-hydrogen) atoms. The lowest BCUT2D eigenvalue weighted by atomic mass is 9.82. The molecule has 1 atom stereocenters. The summed E-state index contributed by atoms with van der Waals surface area (Å²) in [4.78, 5) is 21.1. The highest BCUT2D eigenvalue weighted by Crippen LogP contribution is 2.37. The molecule has 7 nitrogen and oxygen atoms in total. The van der Waals surface area contributed by atoms with Crippen molar-refractivity contribution >= 4 is 34.1 Å². The zero-order valence-corrected chi connectivity index (χ0v) is 27.3. The van der Waals surface area contributed by atoms with Crippen LogP contribution < -0.4 is 4.90 Å². The van der Waals surface area contributed by atoms with E-state index in [1.165, 1.54) is 0 Å². The number of aromatic hydroxyl groups is 2. The van der Waals surface area contributed by atoms with Crippen LogP contribution >= 0.6 is 11.6 Å². The summed E-state index contributed by atoms with van der Waals surface area (Å²) in [5.74, 6) is 0.565. The second kappa shape index (κ2) is 13.7. The smallest absolute Gasteiger partial charge is 0.270 e. The summed E-state index contributed by atoms with van der Waals surface area (Å²) in [6.07, 6.45) is 3.14. The number of para-hydroxylation sites is 2. The van der Waals surface area contributed by atoms with E-state index in [4.69, 9.17) is 11.6 Å². The number of phenolic OH excluding ortho intramolecular Hbond substituents is 2. The molecule has 1 unspecified atom stereocenters. The van der Waals surface area contributed by atoms with Gasteiger partial charge in [0.1, 0.15) is 17.2 Å². The number of benzene rings is 4. The normalized spacial score (nSPS) is 16.3. The minimum absolute atomic E-state index is 0.0215. The first-order valence-electron chi connectivity index (χ1n) is 16.7. The van der Waals surface area contributed by atoms with Gasteiger partial charge < -0.3 is 24.6 Å². The van der Waals surface area contributed by atoms with Crippen LogP contribution in [0.2, 0.25) is 5.02 Å². The number of nitrogens with zero attached hydrogens (tertiary/aromatic N) is 4. The summed E-state index contributed by atoms with van der Waals surface area (Å²) in [5.41, 5.74) is 5.05. The molecule has 5 aromatic rings. The number of carbonyl (C=O) groups is 1. The SMILES string of the molecule is O=C(c1cc2ccccc2n1CCC(C(c1ccc(O)cc1)c1ccc(O)cc1)N1CCCC1)N1CCN(c2ccccc2Cl)CC1. The molecular formula is C39H41ClN4O3. The molecule has 3 heterocycles. The fourth-order valence-corrected chi connectivity index (χ4v) is 7.80. The summed E-state index contributed by atoms with van der Waals surface area (Å²) in [7, 11) is 0. The quantitative estimate of drug-likeness (QED) is 0.175. The average Bonchev–Trinajstić information content (AvgIpc) is 3.77. The Balaban J connectivity index is 1.19. The maximum atomic E-state index is 14.2. The van der Waals surface area contributed by atoms with E-state index < -0.39 is 0 Å². The molecule has 1 amide bonds. The van der Waals surface area contributed by atoms with Gasteiger partial charge in [-0.3, -0.25) is 9.69 Å². The Morgan fingerprint density at radius 3 is 1.96 bits per heavy atom. The number of piperazine rings is 1. The van der Waals surface area contributed by atoms with Gasteiger partial charge in [-0.25, -0.2) is 0 Å². The number of anilines is 1. The van der Waals surface area contributed by atoms with Crippen LogP contribution in [0.25, 0.3) is 10.9 Å². The van der Waals surface area contributed by atoms with Crippen LogP contribution in [0.4, 0.5) is 5.69 Å². The van der Waals surface area contributed by atoms with Gasteiger partial charge in [-0.1, -0.05) is 66.2 Å². The molecule has 242 valence electrons. The van der Waals surface area contributed by atoms with E-state index >= 15 is 0 Å². The van der Waals surface area contributed by atoms with Crippen LogP contribution in [0, 0.1) is 0 Å². The molecule has 0 radical (unpaired) electrons. The summed E-state index contributed by atoms with van der Waals surface area (Å²) < 4.78 is 2.23. The lowest BCUT2D eigenvalue weighted by Crippen LogP contribution is -2.49. The number of aromatic nitrogens is 1. The van der Waals surface area contributed by atoms with Crippen LogP contribution in [0.15, 0.2) is 103 Å². The van der Waals surface area contributed by atoms with E-state index in [1.807, 2.05) is 65.6 Å². The number of likely N-dealkylation sites (tertiary alicyclic amines) is 1. The van der Waals surface area contributed by atoms with Crippen molar-refractivity contribution in [2.75, 3.05) is 44.2 Å². The predicted molar refractivity (Wildman–Crippen MR) is 189 cm³/mol. The van der Waals surface area contributed by atoms with Gasteiger partial charge in [0.05, 0.1) is 10.7 Å². The van der Waals surface area contributed by atoms with Crippen LogP contribution in [0.3, 0.4) is 0 Å². The highest BCUT2D eigenvalue weighted by molar-refractivity contribution is 6.33. The number of rotatable bonds is 9. The number of halogens is 1. The minimum atomic E-state index is 0.0215. The van der Waals surface area contributed by atoms with E-state index in [2.05, 4.69) is 32.6 Å². The van der Waals surface area contributed by atoms with Crippen molar-refractivity contribution in [3.05, 3.63) is 125 Å². The minimum Gasteiger partial charge on any atom is -0.508 e. The van der Waals surface area contributed by atoms with E-state index in [9.17, 15) is 15.0 Å². The van der Waals surface area contributed by atoms with Crippen LogP contribution in [0.1, 0.15) is 46.8 Å². The van der Waals surface area contributed by atoms with Gasteiger partial charge in [-0.2, -0.15) is 0 Å². The Kier molecular flexibility index (Phi) is 9.09. The molecule has 2 aliphatic rings.